The highest BCUT2D eigenvalue weighted by Crippen LogP contribution is 2.44. The molecule has 3 rings (SSSR count). The Morgan fingerprint density at radius 1 is 0.906 bits per heavy atom. The summed E-state index contributed by atoms with van der Waals surface area (Å²) in [5.41, 5.74) is 1.35. The normalized spacial score (nSPS) is 12.7. The van der Waals surface area contributed by atoms with E-state index in [4.69, 9.17) is 51.1 Å². The minimum atomic E-state index is -0.772. The lowest BCUT2D eigenvalue weighted by Crippen LogP contribution is -2.32. The van der Waals surface area contributed by atoms with Crippen LogP contribution in [0.25, 0.3) is 0 Å². The maximum absolute atomic E-state index is 12.6. The molecule has 0 atom stereocenters. The number of nitrogens with one attached hydrogen (secondary N) is 1. The molecule has 0 radical (unpaired) electrons. The van der Waals surface area contributed by atoms with Crippen molar-refractivity contribution in [3.05, 3.63) is 61.0 Å². The summed E-state index contributed by atoms with van der Waals surface area (Å²) >= 11 is 24.0. The molecule has 0 unspecified atom stereocenters. The van der Waals surface area contributed by atoms with Crippen molar-refractivity contribution in [1.82, 2.24) is 4.90 Å². The van der Waals surface area contributed by atoms with Gasteiger partial charge in [0.2, 0.25) is 0 Å². The quantitative estimate of drug-likeness (QED) is 0.240. The number of anilines is 1. The number of carbonyl (C=O) groups excluding carboxylic acids is 4. The van der Waals surface area contributed by atoms with E-state index in [0.717, 1.165) is 16.9 Å². The van der Waals surface area contributed by atoms with Crippen LogP contribution >= 0.6 is 46.4 Å². The van der Waals surface area contributed by atoms with Crippen molar-refractivity contribution in [2.45, 2.75) is 19.8 Å². The number of benzene rings is 2. The molecular formula is C21H16Cl4N2O5. The molecule has 0 saturated carbocycles. The number of hydrogen-bond acceptors (Lipinski definition) is 5. The molecule has 0 aliphatic carbocycles. The summed E-state index contributed by atoms with van der Waals surface area (Å²) in [5, 5.41) is 1.94. The van der Waals surface area contributed by atoms with Gasteiger partial charge in [-0.25, -0.2) is 0 Å². The Labute approximate surface area is 203 Å². The number of amides is 3. The van der Waals surface area contributed by atoms with E-state index in [9.17, 15) is 19.2 Å². The number of imide groups is 1. The monoisotopic (exact) mass is 516 g/mol. The Hall–Kier alpha value is -2.32. The van der Waals surface area contributed by atoms with Crippen LogP contribution in [0.4, 0.5) is 5.69 Å². The third-order valence-corrected chi connectivity index (χ3v) is 6.54. The number of fused-ring (bicyclic) bond motifs is 1. The number of aryl methyl sites for hydroxylation is 1. The van der Waals surface area contributed by atoms with Gasteiger partial charge in [-0.3, -0.25) is 24.1 Å². The Morgan fingerprint density at radius 2 is 1.44 bits per heavy atom. The first-order valence-electron chi connectivity index (χ1n) is 9.42. The van der Waals surface area contributed by atoms with Gasteiger partial charge in [0, 0.05) is 12.2 Å². The average molecular weight is 518 g/mol. The number of ether oxygens (including phenoxy) is 1. The second-order valence-corrected chi connectivity index (χ2v) is 8.29. The lowest BCUT2D eigenvalue weighted by molar-refractivity contribution is -0.147. The summed E-state index contributed by atoms with van der Waals surface area (Å²) in [5.74, 6) is -2.80. The van der Waals surface area contributed by atoms with E-state index in [2.05, 4.69) is 5.32 Å². The highest BCUT2D eigenvalue weighted by Gasteiger charge is 2.41. The zero-order valence-electron chi connectivity index (χ0n) is 16.6. The number of halogens is 4. The Balaban J connectivity index is 1.55. The van der Waals surface area contributed by atoms with Gasteiger partial charge in [-0.1, -0.05) is 65.5 Å². The van der Waals surface area contributed by atoms with Crippen molar-refractivity contribution in [2.24, 2.45) is 0 Å². The lowest BCUT2D eigenvalue weighted by atomic mass is 10.1. The smallest absolute Gasteiger partial charge is 0.308 e. The molecule has 3 amide bonds. The SMILES string of the molecule is CCc1ccc(NC(=O)COC(=O)CCN2C(=O)c3c(Cl)c(Cl)c(Cl)c(Cl)c3C2=O)cc1. The predicted molar refractivity (Wildman–Crippen MR) is 122 cm³/mol. The topological polar surface area (TPSA) is 92.8 Å². The first-order chi connectivity index (χ1) is 15.1. The average Bonchev–Trinajstić information content (AvgIpc) is 3.03. The van der Waals surface area contributed by atoms with Gasteiger partial charge in [-0.05, 0) is 24.1 Å². The van der Waals surface area contributed by atoms with Crippen LogP contribution in [0.1, 0.15) is 39.6 Å². The number of hydrogen-bond donors (Lipinski definition) is 1. The third kappa shape index (κ3) is 4.86. The largest absolute Gasteiger partial charge is 0.456 e. The molecule has 1 N–H and O–H groups in total. The van der Waals surface area contributed by atoms with E-state index in [1.807, 2.05) is 19.1 Å². The van der Waals surface area contributed by atoms with E-state index >= 15 is 0 Å². The number of esters is 1. The molecule has 7 nitrogen and oxygen atoms in total. The molecule has 0 saturated heterocycles. The van der Waals surface area contributed by atoms with E-state index in [-0.39, 0.29) is 44.2 Å². The molecule has 11 heteroatoms. The maximum atomic E-state index is 12.6. The summed E-state index contributed by atoms with van der Waals surface area (Å²) in [4.78, 5) is 50.0. The van der Waals surface area contributed by atoms with Crippen LogP contribution in [0.15, 0.2) is 24.3 Å². The van der Waals surface area contributed by atoms with Crippen molar-refractivity contribution in [2.75, 3.05) is 18.5 Å². The molecule has 2 aromatic carbocycles. The maximum Gasteiger partial charge on any atom is 0.308 e. The number of nitrogens with zero attached hydrogens (tertiary/aromatic N) is 1. The number of rotatable bonds is 7. The molecule has 32 heavy (non-hydrogen) atoms. The van der Waals surface area contributed by atoms with Crippen molar-refractivity contribution >= 4 is 75.8 Å². The molecule has 1 heterocycles. The van der Waals surface area contributed by atoms with E-state index in [1.165, 1.54) is 0 Å². The Kier molecular flexibility index (Phi) is 7.67. The van der Waals surface area contributed by atoms with Crippen LogP contribution in [0.3, 0.4) is 0 Å². The summed E-state index contributed by atoms with van der Waals surface area (Å²) in [6, 6.07) is 7.25. The first-order valence-corrected chi connectivity index (χ1v) is 10.9. The van der Waals surface area contributed by atoms with Gasteiger partial charge >= 0.3 is 5.97 Å². The van der Waals surface area contributed by atoms with Crippen LogP contribution in [0.5, 0.6) is 0 Å². The predicted octanol–water partition coefficient (Wildman–Crippen LogP) is 5.03. The molecular weight excluding hydrogens is 502 g/mol. The van der Waals surface area contributed by atoms with Crippen molar-refractivity contribution in [3.63, 3.8) is 0 Å². The van der Waals surface area contributed by atoms with E-state index in [1.54, 1.807) is 12.1 Å². The fourth-order valence-corrected chi connectivity index (χ4v) is 4.06. The van der Waals surface area contributed by atoms with Crippen molar-refractivity contribution < 1.29 is 23.9 Å². The Bertz CT molecular complexity index is 1070. The van der Waals surface area contributed by atoms with Crippen LogP contribution < -0.4 is 5.32 Å². The van der Waals surface area contributed by atoms with Crippen LogP contribution in [0.2, 0.25) is 20.1 Å². The van der Waals surface area contributed by atoms with Crippen LogP contribution in [-0.4, -0.2) is 41.7 Å². The highest BCUT2D eigenvalue weighted by molar-refractivity contribution is 6.55. The summed E-state index contributed by atoms with van der Waals surface area (Å²) in [7, 11) is 0. The molecule has 0 spiro atoms. The molecule has 168 valence electrons. The van der Waals surface area contributed by atoms with Gasteiger partial charge in [0.25, 0.3) is 17.7 Å². The van der Waals surface area contributed by atoms with Crippen molar-refractivity contribution in [3.8, 4) is 0 Å². The lowest BCUT2D eigenvalue weighted by Gasteiger charge is -2.13. The van der Waals surface area contributed by atoms with Crippen LogP contribution in [0, 0.1) is 0 Å². The minimum Gasteiger partial charge on any atom is -0.456 e. The van der Waals surface area contributed by atoms with E-state index < -0.39 is 30.3 Å². The fourth-order valence-electron chi connectivity index (χ4n) is 3.04. The van der Waals surface area contributed by atoms with Gasteiger partial charge in [0.15, 0.2) is 6.61 Å². The first kappa shape index (κ1) is 24.3. The number of carbonyl (C=O) groups is 4. The molecule has 0 bridgehead atoms. The molecule has 0 aromatic heterocycles. The summed E-state index contributed by atoms with van der Waals surface area (Å²) in [6.45, 7) is 1.20. The van der Waals surface area contributed by atoms with Gasteiger partial charge in [-0.15, -0.1) is 0 Å². The van der Waals surface area contributed by atoms with Gasteiger partial charge in [-0.2, -0.15) is 0 Å². The van der Waals surface area contributed by atoms with Gasteiger partial charge < -0.3 is 10.1 Å². The molecule has 2 aromatic rings. The van der Waals surface area contributed by atoms with Gasteiger partial charge in [0.05, 0.1) is 37.6 Å². The van der Waals surface area contributed by atoms with Crippen LogP contribution in [-0.2, 0) is 20.7 Å². The minimum absolute atomic E-state index is 0.144. The summed E-state index contributed by atoms with van der Waals surface area (Å²) < 4.78 is 4.92. The molecule has 1 aliphatic heterocycles. The molecule has 1 aliphatic rings. The fraction of sp³-hybridized carbons (Fsp3) is 0.238. The Morgan fingerprint density at radius 3 is 1.94 bits per heavy atom. The zero-order chi connectivity index (χ0) is 23.6. The third-order valence-electron chi connectivity index (χ3n) is 4.73. The highest BCUT2D eigenvalue weighted by atomic mass is 35.5. The summed E-state index contributed by atoms with van der Waals surface area (Å²) in [6.07, 6.45) is 0.540. The van der Waals surface area contributed by atoms with E-state index in [0.29, 0.717) is 5.69 Å². The second kappa shape index (κ2) is 10.1. The van der Waals surface area contributed by atoms with Crippen molar-refractivity contribution in [1.29, 1.82) is 0 Å². The zero-order valence-corrected chi connectivity index (χ0v) is 19.7. The molecule has 0 fully saturated rings. The van der Waals surface area contributed by atoms with Gasteiger partial charge in [0.1, 0.15) is 0 Å². The second-order valence-electron chi connectivity index (χ2n) is 6.78. The standard InChI is InChI=1S/C21H16Cl4N2O5/c1-2-10-3-5-11(6-4-10)26-12(28)9-32-13(29)7-8-27-20(30)14-15(21(27)31)17(23)19(25)18(24)16(14)22/h3-6H,2,7-9H2,1H3,(H,26,28).